The van der Waals surface area contributed by atoms with E-state index in [0.717, 1.165) is 11.5 Å². The lowest BCUT2D eigenvalue weighted by molar-refractivity contribution is 0.0988. The van der Waals surface area contributed by atoms with Crippen LogP contribution in [0.2, 0.25) is 0 Å². The SMILES string of the molecule is CCC(=O)c1ccc(C2CCC(c3ccccc3)CC2)cc1. The Balaban J connectivity index is 1.63. The second-order valence-corrected chi connectivity index (χ2v) is 6.36. The third-order valence-electron chi connectivity index (χ3n) is 5.02. The van der Waals surface area contributed by atoms with Gasteiger partial charge in [0.1, 0.15) is 0 Å². The molecule has 114 valence electrons. The Morgan fingerprint density at radius 1 is 0.818 bits per heavy atom. The van der Waals surface area contributed by atoms with E-state index in [4.69, 9.17) is 0 Å². The lowest BCUT2D eigenvalue weighted by Gasteiger charge is -2.29. The summed E-state index contributed by atoms with van der Waals surface area (Å²) >= 11 is 0. The molecular formula is C21H24O. The summed E-state index contributed by atoms with van der Waals surface area (Å²) in [5.41, 5.74) is 3.74. The second kappa shape index (κ2) is 6.91. The van der Waals surface area contributed by atoms with Crippen molar-refractivity contribution in [1.82, 2.24) is 0 Å². The van der Waals surface area contributed by atoms with Crippen LogP contribution < -0.4 is 0 Å². The molecule has 0 heterocycles. The van der Waals surface area contributed by atoms with Crippen LogP contribution in [0.15, 0.2) is 54.6 Å². The molecule has 1 aliphatic rings. The highest BCUT2D eigenvalue weighted by Gasteiger charge is 2.23. The first kappa shape index (κ1) is 15.0. The van der Waals surface area contributed by atoms with Gasteiger partial charge in [-0.1, -0.05) is 61.5 Å². The molecule has 1 heteroatoms. The molecule has 0 unspecified atom stereocenters. The van der Waals surface area contributed by atoms with E-state index in [0.29, 0.717) is 12.3 Å². The van der Waals surface area contributed by atoms with E-state index in [-0.39, 0.29) is 5.78 Å². The number of benzene rings is 2. The number of carbonyl (C=O) groups excluding carboxylic acids is 1. The zero-order valence-corrected chi connectivity index (χ0v) is 13.3. The smallest absolute Gasteiger partial charge is 0.162 e. The topological polar surface area (TPSA) is 17.1 Å². The molecule has 0 bridgehead atoms. The number of hydrogen-bond acceptors (Lipinski definition) is 1. The summed E-state index contributed by atoms with van der Waals surface area (Å²) in [6.07, 6.45) is 5.62. The maximum atomic E-state index is 11.7. The van der Waals surface area contributed by atoms with Gasteiger partial charge < -0.3 is 0 Å². The van der Waals surface area contributed by atoms with Crippen LogP contribution in [0.4, 0.5) is 0 Å². The summed E-state index contributed by atoms with van der Waals surface area (Å²) in [7, 11) is 0. The van der Waals surface area contributed by atoms with Crippen LogP contribution in [0.25, 0.3) is 0 Å². The zero-order chi connectivity index (χ0) is 15.4. The Hall–Kier alpha value is -1.89. The number of rotatable bonds is 4. The van der Waals surface area contributed by atoms with E-state index in [1.165, 1.54) is 36.8 Å². The molecule has 0 radical (unpaired) electrons. The summed E-state index contributed by atoms with van der Waals surface area (Å²) in [4.78, 5) is 11.7. The van der Waals surface area contributed by atoms with Gasteiger partial charge in [-0.05, 0) is 48.6 Å². The summed E-state index contributed by atoms with van der Waals surface area (Å²) in [5, 5.41) is 0. The predicted octanol–water partition coefficient (Wildman–Crippen LogP) is 5.72. The van der Waals surface area contributed by atoms with E-state index in [9.17, 15) is 4.79 Å². The van der Waals surface area contributed by atoms with Crippen LogP contribution in [0.5, 0.6) is 0 Å². The molecule has 0 N–H and O–H groups in total. The highest BCUT2D eigenvalue weighted by atomic mass is 16.1. The molecule has 1 nitrogen and oxygen atoms in total. The first-order chi connectivity index (χ1) is 10.8. The Bertz CT molecular complexity index is 604. The van der Waals surface area contributed by atoms with E-state index < -0.39 is 0 Å². The molecule has 1 aliphatic carbocycles. The first-order valence-corrected chi connectivity index (χ1v) is 8.46. The van der Waals surface area contributed by atoms with Crippen molar-refractivity contribution in [3.05, 3.63) is 71.3 Å². The van der Waals surface area contributed by atoms with Crippen molar-refractivity contribution in [2.45, 2.75) is 50.9 Å². The van der Waals surface area contributed by atoms with Crippen molar-refractivity contribution in [3.8, 4) is 0 Å². The maximum absolute atomic E-state index is 11.7. The average molecular weight is 292 g/mol. The van der Waals surface area contributed by atoms with E-state index in [2.05, 4.69) is 42.5 Å². The minimum atomic E-state index is 0.235. The molecule has 0 aromatic heterocycles. The van der Waals surface area contributed by atoms with Crippen LogP contribution in [0, 0.1) is 0 Å². The number of hydrogen-bond donors (Lipinski definition) is 0. The molecule has 2 aromatic carbocycles. The van der Waals surface area contributed by atoms with Crippen molar-refractivity contribution >= 4 is 5.78 Å². The third kappa shape index (κ3) is 3.30. The van der Waals surface area contributed by atoms with E-state index in [1.54, 1.807) is 0 Å². The number of ketones is 1. The van der Waals surface area contributed by atoms with Gasteiger partial charge in [0, 0.05) is 12.0 Å². The van der Waals surface area contributed by atoms with Gasteiger partial charge in [-0.3, -0.25) is 4.79 Å². The van der Waals surface area contributed by atoms with Gasteiger partial charge in [-0.2, -0.15) is 0 Å². The fourth-order valence-corrected chi connectivity index (χ4v) is 3.63. The fourth-order valence-electron chi connectivity index (χ4n) is 3.63. The molecule has 1 saturated carbocycles. The number of Topliss-reactive ketones (excluding diaryl/α,β-unsaturated/α-hetero) is 1. The standard InChI is InChI=1S/C21H24O/c1-2-21(22)20-14-12-19(13-15-20)18-10-8-17(9-11-18)16-6-4-3-5-7-16/h3-7,12-15,17-18H,2,8-11H2,1H3. The van der Waals surface area contributed by atoms with Crippen molar-refractivity contribution in [3.63, 3.8) is 0 Å². The van der Waals surface area contributed by atoms with Crippen LogP contribution >= 0.6 is 0 Å². The van der Waals surface area contributed by atoms with Crippen LogP contribution in [0.1, 0.15) is 72.3 Å². The molecule has 0 atom stereocenters. The predicted molar refractivity (Wildman–Crippen MR) is 91.5 cm³/mol. The normalized spacial score (nSPS) is 21.5. The Labute approximate surface area is 133 Å². The highest BCUT2D eigenvalue weighted by Crippen LogP contribution is 2.40. The van der Waals surface area contributed by atoms with Crippen LogP contribution in [-0.4, -0.2) is 5.78 Å². The largest absolute Gasteiger partial charge is 0.294 e. The molecule has 0 aliphatic heterocycles. The molecule has 0 amide bonds. The van der Waals surface area contributed by atoms with Crippen molar-refractivity contribution in [1.29, 1.82) is 0 Å². The summed E-state index contributed by atoms with van der Waals surface area (Å²) in [6.45, 7) is 1.92. The molecule has 3 rings (SSSR count). The lowest BCUT2D eigenvalue weighted by Crippen LogP contribution is -2.12. The Morgan fingerprint density at radius 2 is 1.32 bits per heavy atom. The van der Waals surface area contributed by atoms with Gasteiger partial charge in [0.25, 0.3) is 0 Å². The Kier molecular flexibility index (Phi) is 4.72. The summed E-state index contributed by atoms with van der Waals surface area (Å²) in [5.74, 6) is 1.61. The molecule has 2 aromatic rings. The lowest BCUT2D eigenvalue weighted by atomic mass is 9.76. The number of carbonyl (C=O) groups is 1. The molecular weight excluding hydrogens is 268 g/mol. The maximum Gasteiger partial charge on any atom is 0.162 e. The average Bonchev–Trinajstić information content (AvgIpc) is 2.62. The van der Waals surface area contributed by atoms with E-state index >= 15 is 0 Å². The van der Waals surface area contributed by atoms with Gasteiger partial charge in [0.15, 0.2) is 5.78 Å². The zero-order valence-electron chi connectivity index (χ0n) is 13.3. The summed E-state index contributed by atoms with van der Waals surface area (Å²) < 4.78 is 0. The van der Waals surface area contributed by atoms with Gasteiger partial charge >= 0.3 is 0 Å². The van der Waals surface area contributed by atoms with Crippen molar-refractivity contribution < 1.29 is 4.79 Å². The highest BCUT2D eigenvalue weighted by molar-refractivity contribution is 5.95. The summed E-state index contributed by atoms with van der Waals surface area (Å²) in [6, 6.07) is 19.2. The molecule has 1 fully saturated rings. The second-order valence-electron chi connectivity index (χ2n) is 6.36. The quantitative estimate of drug-likeness (QED) is 0.659. The van der Waals surface area contributed by atoms with Gasteiger partial charge in [-0.25, -0.2) is 0 Å². The fraction of sp³-hybridized carbons (Fsp3) is 0.381. The molecule has 22 heavy (non-hydrogen) atoms. The van der Waals surface area contributed by atoms with Gasteiger partial charge in [0.05, 0.1) is 0 Å². The van der Waals surface area contributed by atoms with Crippen molar-refractivity contribution in [2.24, 2.45) is 0 Å². The van der Waals surface area contributed by atoms with Gasteiger partial charge in [-0.15, -0.1) is 0 Å². The minimum Gasteiger partial charge on any atom is -0.294 e. The van der Waals surface area contributed by atoms with E-state index in [1.807, 2.05) is 19.1 Å². The minimum absolute atomic E-state index is 0.235. The van der Waals surface area contributed by atoms with Crippen LogP contribution in [-0.2, 0) is 0 Å². The first-order valence-electron chi connectivity index (χ1n) is 8.46. The monoisotopic (exact) mass is 292 g/mol. The third-order valence-corrected chi connectivity index (χ3v) is 5.02. The van der Waals surface area contributed by atoms with Crippen molar-refractivity contribution in [2.75, 3.05) is 0 Å². The Morgan fingerprint density at radius 3 is 1.82 bits per heavy atom. The molecule has 0 saturated heterocycles. The molecule has 0 spiro atoms. The van der Waals surface area contributed by atoms with Gasteiger partial charge in [0.2, 0.25) is 0 Å². The van der Waals surface area contributed by atoms with Crippen LogP contribution in [0.3, 0.4) is 0 Å².